The van der Waals surface area contributed by atoms with E-state index in [1.54, 1.807) is 0 Å². The fourth-order valence-corrected chi connectivity index (χ4v) is 2.82. The van der Waals surface area contributed by atoms with Gasteiger partial charge in [-0.1, -0.05) is 18.2 Å². The van der Waals surface area contributed by atoms with Crippen molar-refractivity contribution < 1.29 is 4.39 Å². The molecular weight excluding hydrogens is 327 g/mol. The van der Waals surface area contributed by atoms with Gasteiger partial charge in [0.15, 0.2) is 0 Å². The maximum absolute atomic E-state index is 12.9. The second-order valence-corrected chi connectivity index (χ2v) is 6.01. The topological polar surface area (TPSA) is 31.4 Å². The van der Waals surface area contributed by atoms with Crippen molar-refractivity contribution >= 4 is 18.2 Å². The summed E-state index contributed by atoms with van der Waals surface area (Å²) in [6, 6.07) is 10.7. The minimum absolute atomic E-state index is 0. The van der Waals surface area contributed by atoms with Crippen molar-refractivity contribution in [3.05, 3.63) is 59.5 Å². The van der Waals surface area contributed by atoms with E-state index >= 15 is 0 Å². The molecular formula is C18H24ClFN4. The van der Waals surface area contributed by atoms with E-state index in [9.17, 15) is 4.39 Å². The number of rotatable bonds is 5. The molecule has 1 fully saturated rings. The summed E-state index contributed by atoms with van der Waals surface area (Å²) >= 11 is 0. The van der Waals surface area contributed by atoms with Crippen LogP contribution in [0.3, 0.4) is 0 Å². The summed E-state index contributed by atoms with van der Waals surface area (Å²) in [6.07, 6.45) is 1.86. The van der Waals surface area contributed by atoms with E-state index in [1.807, 2.05) is 24.4 Å². The summed E-state index contributed by atoms with van der Waals surface area (Å²) in [7, 11) is 2.15. The average molecular weight is 351 g/mol. The Morgan fingerprint density at radius 1 is 1.04 bits per heavy atom. The SMILES string of the molecule is CN1CCN(c2ncccc2CNCc2ccc(F)cc2)CC1.Cl. The Morgan fingerprint density at radius 2 is 1.75 bits per heavy atom. The Balaban J connectivity index is 0.00000208. The van der Waals surface area contributed by atoms with Crippen LogP contribution in [0.15, 0.2) is 42.6 Å². The van der Waals surface area contributed by atoms with Gasteiger partial charge in [-0.2, -0.15) is 0 Å². The first kappa shape index (κ1) is 18.6. The summed E-state index contributed by atoms with van der Waals surface area (Å²) in [4.78, 5) is 9.28. The van der Waals surface area contributed by atoms with E-state index in [2.05, 4.69) is 33.2 Å². The van der Waals surface area contributed by atoms with Gasteiger partial charge in [-0.25, -0.2) is 9.37 Å². The van der Waals surface area contributed by atoms with Crippen molar-refractivity contribution in [2.75, 3.05) is 38.1 Å². The number of pyridine rings is 1. The number of aromatic nitrogens is 1. The molecule has 0 spiro atoms. The number of likely N-dealkylation sites (N-methyl/N-ethyl adjacent to an activating group) is 1. The highest BCUT2D eigenvalue weighted by Crippen LogP contribution is 2.18. The lowest BCUT2D eigenvalue weighted by atomic mass is 10.2. The van der Waals surface area contributed by atoms with E-state index < -0.39 is 0 Å². The summed E-state index contributed by atoms with van der Waals surface area (Å²) < 4.78 is 12.9. The molecule has 0 radical (unpaired) electrons. The largest absolute Gasteiger partial charge is 0.354 e. The zero-order valence-electron chi connectivity index (χ0n) is 13.9. The van der Waals surface area contributed by atoms with Crippen molar-refractivity contribution in [2.45, 2.75) is 13.1 Å². The van der Waals surface area contributed by atoms with Crippen molar-refractivity contribution in [2.24, 2.45) is 0 Å². The van der Waals surface area contributed by atoms with Crippen LogP contribution in [0.5, 0.6) is 0 Å². The molecule has 0 amide bonds. The number of hydrogen-bond acceptors (Lipinski definition) is 4. The third-order valence-electron chi connectivity index (χ3n) is 4.23. The second-order valence-electron chi connectivity index (χ2n) is 6.01. The van der Waals surface area contributed by atoms with Crippen molar-refractivity contribution in [3.8, 4) is 0 Å². The molecule has 2 heterocycles. The van der Waals surface area contributed by atoms with Crippen LogP contribution in [0.1, 0.15) is 11.1 Å². The van der Waals surface area contributed by atoms with Crippen molar-refractivity contribution in [1.82, 2.24) is 15.2 Å². The summed E-state index contributed by atoms with van der Waals surface area (Å²) in [5, 5.41) is 3.43. The molecule has 0 bridgehead atoms. The maximum atomic E-state index is 12.9. The Kier molecular flexibility index (Phi) is 6.97. The lowest BCUT2D eigenvalue weighted by Crippen LogP contribution is -2.45. The Morgan fingerprint density at radius 3 is 2.46 bits per heavy atom. The van der Waals surface area contributed by atoms with Crippen LogP contribution in [-0.4, -0.2) is 43.1 Å². The lowest BCUT2D eigenvalue weighted by Gasteiger charge is -2.34. The molecule has 0 atom stereocenters. The van der Waals surface area contributed by atoms with Gasteiger partial charge in [0.25, 0.3) is 0 Å². The first-order valence-electron chi connectivity index (χ1n) is 8.05. The third-order valence-corrected chi connectivity index (χ3v) is 4.23. The monoisotopic (exact) mass is 350 g/mol. The number of nitrogens with zero attached hydrogens (tertiary/aromatic N) is 3. The predicted molar refractivity (Wildman–Crippen MR) is 98.1 cm³/mol. The molecule has 1 aromatic carbocycles. The standard InChI is InChI=1S/C18H23FN4.ClH/c1-22-9-11-23(12-10-22)18-16(3-2-8-21-18)14-20-13-15-4-6-17(19)7-5-15;/h2-8,20H,9-14H2,1H3;1H. The van der Waals surface area contributed by atoms with Gasteiger partial charge in [0, 0.05) is 51.0 Å². The first-order valence-corrected chi connectivity index (χ1v) is 8.05. The summed E-state index contributed by atoms with van der Waals surface area (Å²) in [6.45, 7) is 5.64. The van der Waals surface area contributed by atoms with E-state index in [-0.39, 0.29) is 18.2 Å². The first-order chi connectivity index (χ1) is 11.2. The highest BCUT2D eigenvalue weighted by Gasteiger charge is 2.17. The zero-order chi connectivity index (χ0) is 16.1. The minimum Gasteiger partial charge on any atom is -0.354 e. The number of halogens is 2. The predicted octanol–water partition coefficient (Wildman–Crippen LogP) is 2.68. The van der Waals surface area contributed by atoms with Gasteiger partial charge in [-0.15, -0.1) is 12.4 Å². The van der Waals surface area contributed by atoms with Crippen LogP contribution in [-0.2, 0) is 13.1 Å². The van der Waals surface area contributed by atoms with E-state index in [1.165, 1.54) is 17.7 Å². The molecule has 0 saturated carbocycles. The molecule has 1 N–H and O–H groups in total. The molecule has 1 aliphatic heterocycles. The normalized spacial score (nSPS) is 15.2. The molecule has 2 aromatic rings. The van der Waals surface area contributed by atoms with Crippen LogP contribution >= 0.6 is 12.4 Å². The van der Waals surface area contributed by atoms with Gasteiger partial charge in [0.05, 0.1) is 0 Å². The number of piperazine rings is 1. The Hall–Kier alpha value is -1.69. The van der Waals surface area contributed by atoms with Gasteiger partial charge in [-0.3, -0.25) is 0 Å². The highest BCUT2D eigenvalue weighted by atomic mass is 35.5. The average Bonchev–Trinajstić information content (AvgIpc) is 2.58. The van der Waals surface area contributed by atoms with Gasteiger partial charge < -0.3 is 15.1 Å². The maximum Gasteiger partial charge on any atom is 0.133 e. The molecule has 1 aromatic heterocycles. The quantitative estimate of drug-likeness (QED) is 0.898. The fourth-order valence-electron chi connectivity index (χ4n) is 2.82. The van der Waals surface area contributed by atoms with Gasteiger partial charge in [0.2, 0.25) is 0 Å². The van der Waals surface area contributed by atoms with Crippen LogP contribution < -0.4 is 10.2 Å². The van der Waals surface area contributed by atoms with Crippen LogP contribution in [0.4, 0.5) is 10.2 Å². The van der Waals surface area contributed by atoms with Crippen molar-refractivity contribution in [1.29, 1.82) is 0 Å². The number of benzene rings is 1. The fraction of sp³-hybridized carbons (Fsp3) is 0.389. The summed E-state index contributed by atoms with van der Waals surface area (Å²) in [5.74, 6) is 0.880. The molecule has 1 saturated heterocycles. The molecule has 3 rings (SSSR count). The lowest BCUT2D eigenvalue weighted by molar-refractivity contribution is 0.311. The minimum atomic E-state index is -0.196. The Labute approximate surface area is 149 Å². The molecule has 0 unspecified atom stereocenters. The molecule has 130 valence electrons. The number of nitrogens with one attached hydrogen (secondary N) is 1. The number of hydrogen-bond donors (Lipinski definition) is 1. The highest BCUT2D eigenvalue weighted by molar-refractivity contribution is 5.85. The van der Waals surface area contributed by atoms with Crippen LogP contribution in [0.25, 0.3) is 0 Å². The molecule has 6 heteroatoms. The van der Waals surface area contributed by atoms with E-state index in [0.717, 1.165) is 50.6 Å². The smallest absolute Gasteiger partial charge is 0.133 e. The number of anilines is 1. The molecule has 0 aliphatic carbocycles. The van der Waals surface area contributed by atoms with Gasteiger partial charge in [-0.05, 0) is 30.8 Å². The van der Waals surface area contributed by atoms with Gasteiger partial charge >= 0.3 is 0 Å². The third kappa shape index (κ3) is 4.90. The Bertz CT molecular complexity index is 627. The summed E-state index contributed by atoms with van der Waals surface area (Å²) in [5.41, 5.74) is 2.29. The zero-order valence-corrected chi connectivity index (χ0v) is 14.7. The molecule has 1 aliphatic rings. The van der Waals surface area contributed by atoms with E-state index in [4.69, 9.17) is 0 Å². The molecule has 4 nitrogen and oxygen atoms in total. The van der Waals surface area contributed by atoms with Gasteiger partial charge in [0.1, 0.15) is 11.6 Å². The van der Waals surface area contributed by atoms with E-state index in [0.29, 0.717) is 0 Å². The second kappa shape index (κ2) is 8.97. The molecule has 24 heavy (non-hydrogen) atoms. The van der Waals surface area contributed by atoms with Crippen molar-refractivity contribution in [3.63, 3.8) is 0 Å². The van der Waals surface area contributed by atoms with Crippen LogP contribution in [0, 0.1) is 5.82 Å². The van der Waals surface area contributed by atoms with Crippen LogP contribution in [0.2, 0.25) is 0 Å².